The highest BCUT2D eigenvalue weighted by molar-refractivity contribution is 5.94. The summed E-state index contributed by atoms with van der Waals surface area (Å²) in [4.78, 5) is 13.6. The molecule has 0 aromatic heterocycles. The van der Waals surface area contributed by atoms with Crippen molar-refractivity contribution in [3.63, 3.8) is 0 Å². The normalized spacial score (nSPS) is 16.2. The molecule has 1 aromatic carbocycles. The smallest absolute Gasteiger partial charge is 0.159 e. The summed E-state index contributed by atoms with van der Waals surface area (Å²) in [6.07, 6.45) is 3.47. The van der Waals surface area contributed by atoms with Crippen LogP contribution in [0.1, 0.15) is 44.5 Å². The Kier molecular flexibility index (Phi) is 3.79. The van der Waals surface area contributed by atoms with Gasteiger partial charge in [-0.1, -0.05) is 32.4 Å². The lowest BCUT2D eigenvalue weighted by molar-refractivity contribution is 0.101. The zero-order valence-corrected chi connectivity index (χ0v) is 12.4. The predicted octanol–water partition coefficient (Wildman–Crippen LogP) is 4.07. The van der Waals surface area contributed by atoms with E-state index in [1.807, 2.05) is 24.3 Å². The van der Waals surface area contributed by atoms with E-state index in [0.717, 1.165) is 25.1 Å². The minimum absolute atomic E-state index is 0.125. The quantitative estimate of drug-likeness (QED) is 0.588. The highest BCUT2D eigenvalue weighted by Crippen LogP contribution is 2.31. The van der Waals surface area contributed by atoms with E-state index in [2.05, 4.69) is 31.7 Å². The van der Waals surface area contributed by atoms with Crippen LogP contribution in [0.15, 0.2) is 35.9 Å². The summed E-state index contributed by atoms with van der Waals surface area (Å²) < 4.78 is 0. The molecule has 0 saturated heterocycles. The standard InChI is InChI=1S/C17H23NO/c1-13(19)14-5-7-16(8-6-14)18-11-9-15(10-12-18)17(2,3)4/h5-9H,10-12H2,1-4H3. The second kappa shape index (κ2) is 5.20. The molecule has 0 bridgehead atoms. The van der Waals surface area contributed by atoms with Crippen molar-refractivity contribution < 1.29 is 4.79 Å². The van der Waals surface area contributed by atoms with Crippen molar-refractivity contribution in [1.82, 2.24) is 0 Å². The van der Waals surface area contributed by atoms with Gasteiger partial charge < -0.3 is 4.90 Å². The minimum atomic E-state index is 0.125. The number of rotatable bonds is 2. The fourth-order valence-corrected chi connectivity index (χ4v) is 2.49. The van der Waals surface area contributed by atoms with E-state index in [4.69, 9.17) is 0 Å². The first-order valence-corrected chi connectivity index (χ1v) is 6.93. The Morgan fingerprint density at radius 1 is 1.16 bits per heavy atom. The van der Waals surface area contributed by atoms with Crippen LogP contribution in [-0.2, 0) is 0 Å². The number of benzene rings is 1. The van der Waals surface area contributed by atoms with Crippen LogP contribution in [0.25, 0.3) is 0 Å². The van der Waals surface area contributed by atoms with Gasteiger partial charge in [-0.15, -0.1) is 0 Å². The molecule has 19 heavy (non-hydrogen) atoms. The number of hydrogen-bond acceptors (Lipinski definition) is 2. The summed E-state index contributed by atoms with van der Waals surface area (Å²) in [6, 6.07) is 7.93. The molecule has 0 atom stereocenters. The van der Waals surface area contributed by atoms with Gasteiger partial charge in [-0.2, -0.15) is 0 Å². The summed E-state index contributed by atoms with van der Waals surface area (Å²) in [5.41, 5.74) is 3.81. The number of Topliss-reactive ketones (excluding diaryl/α,β-unsaturated/α-hetero) is 1. The Labute approximate surface area is 116 Å². The molecule has 0 N–H and O–H groups in total. The van der Waals surface area contributed by atoms with Crippen LogP contribution in [0.5, 0.6) is 0 Å². The van der Waals surface area contributed by atoms with Gasteiger partial charge in [-0.25, -0.2) is 0 Å². The molecule has 1 aliphatic rings. The zero-order chi connectivity index (χ0) is 14.0. The number of ketones is 1. The van der Waals surface area contributed by atoms with E-state index in [-0.39, 0.29) is 11.2 Å². The molecule has 0 saturated carbocycles. The van der Waals surface area contributed by atoms with Gasteiger partial charge in [-0.05, 0) is 43.0 Å². The SMILES string of the molecule is CC(=O)c1ccc(N2CC=C(C(C)(C)C)CC2)cc1. The van der Waals surface area contributed by atoms with Crippen LogP contribution < -0.4 is 4.90 Å². The zero-order valence-electron chi connectivity index (χ0n) is 12.4. The van der Waals surface area contributed by atoms with E-state index >= 15 is 0 Å². The molecular weight excluding hydrogens is 234 g/mol. The van der Waals surface area contributed by atoms with Gasteiger partial charge >= 0.3 is 0 Å². The lowest BCUT2D eigenvalue weighted by atomic mass is 9.83. The highest BCUT2D eigenvalue weighted by Gasteiger charge is 2.21. The van der Waals surface area contributed by atoms with Crippen LogP contribution in [-0.4, -0.2) is 18.9 Å². The van der Waals surface area contributed by atoms with Crippen molar-refractivity contribution in [2.75, 3.05) is 18.0 Å². The number of hydrogen-bond donors (Lipinski definition) is 0. The Bertz CT molecular complexity index is 491. The molecule has 0 unspecified atom stereocenters. The molecule has 2 heteroatoms. The summed E-state index contributed by atoms with van der Waals surface area (Å²) in [5.74, 6) is 0.125. The average Bonchev–Trinajstić information content (AvgIpc) is 2.38. The van der Waals surface area contributed by atoms with Crippen LogP contribution in [0.3, 0.4) is 0 Å². The Morgan fingerprint density at radius 2 is 1.79 bits per heavy atom. The molecule has 0 amide bonds. The van der Waals surface area contributed by atoms with Crippen molar-refractivity contribution in [1.29, 1.82) is 0 Å². The topological polar surface area (TPSA) is 20.3 Å². The van der Waals surface area contributed by atoms with Crippen molar-refractivity contribution >= 4 is 11.5 Å². The Balaban J connectivity index is 2.09. The fraction of sp³-hybridized carbons (Fsp3) is 0.471. The largest absolute Gasteiger partial charge is 0.367 e. The van der Waals surface area contributed by atoms with Crippen molar-refractivity contribution in [3.05, 3.63) is 41.5 Å². The van der Waals surface area contributed by atoms with E-state index in [9.17, 15) is 4.79 Å². The maximum Gasteiger partial charge on any atom is 0.159 e. The minimum Gasteiger partial charge on any atom is -0.367 e. The highest BCUT2D eigenvalue weighted by atomic mass is 16.1. The monoisotopic (exact) mass is 257 g/mol. The molecule has 0 aliphatic carbocycles. The second-order valence-corrected chi connectivity index (χ2v) is 6.28. The number of nitrogens with zero attached hydrogens (tertiary/aromatic N) is 1. The number of carbonyl (C=O) groups is 1. The first-order valence-electron chi connectivity index (χ1n) is 6.93. The van der Waals surface area contributed by atoms with Crippen LogP contribution >= 0.6 is 0 Å². The van der Waals surface area contributed by atoms with Gasteiger partial charge in [0.15, 0.2) is 5.78 Å². The Morgan fingerprint density at radius 3 is 2.21 bits per heavy atom. The first-order chi connectivity index (χ1) is 8.88. The number of carbonyl (C=O) groups excluding carboxylic acids is 1. The molecule has 0 spiro atoms. The van der Waals surface area contributed by atoms with Crippen molar-refractivity contribution in [2.45, 2.75) is 34.1 Å². The van der Waals surface area contributed by atoms with E-state index in [0.29, 0.717) is 0 Å². The van der Waals surface area contributed by atoms with E-state index in [1.165, 1.54) is 5.69 Å². The second-order valence-electron chi connectivity index (χ2n) is 6.28. The lowest BCUT2D eigenvalue weighted by Crippen LogP contribution is -2.31. The summed E-state index contributed by atoms with van der Waals surface area (Å²) in [7, 11) is 0. The summed E-state index contributed by atoms with van der Waals surface area (Å²) >= 11 is 0. The van der Waals surface area contributed by atoms with E-state index < -0.39 is 0 Å². The first kappa shape index (κ1) is 13.9. The molecule has 0 fully saturated rings. The lowest BCUT2D eigenvalue weighted by Gasteiger charge is -2.33. The predicted molar refractivity (Wildman–Crippen MR) is 80.8 cm³/mol. The third-order valence-electron chi connectivity index (χ3n) is 3.81. The third-order valence-corrected chi connectivity index (χ3v) is 3.81. The van der Waals surface area contributed by atoms with Crippen LogP contribution in [0.2, 0.25) is 0 Å². The Hall–Kier alpha value is -1.57. The van der Waals surface area contributed by atoms with Gasteiger partial charge in [0.1, 0.15) is 0 Å². The summed E-state index contributed by atoms with van der Waals surface area (Å²) in [6.45, 7) is 10.4. The molecule has 1 aliphatic heterocycles. The molecule has 0 radical (unpaired) electrons. The molecule has 1 heterocycles. The molecule has 2 nitrogen and oxygen atoms in total. The van der Waals surface area contributed by atoms with Crippen molar-refractivity contribution in [3.8, 4) is 0 Å². The van der Waals surface area contributed by atoms with E-state index in [1.54, 1.807) is 12.5 Å². The fourth-order valence-electron chi connectivity index (χ4n) is 2.49. The van der Waals surface area contributed by atoms with Crippen LogP contribution in [0, 0.1) is 5.41 Å². The van der Waals surface area contributed by atoms with Gasteiger partial charge in [-0.3, -0.25) is 4.79 Å². The van der Waals surface area contributed by atoms with Gasteiger partial charge in [0.05, 0.1) is 0 Å². The third kappa shape index (κ3) is 3.25. The maximum absolute atomic E-state index is 11.3. The van der Waals surface area contributed by atoms with Crippen LogP contribution in [0.4, 0.5) is 5.69 Å². The number of anilines is 1. The van der Waals surface area contributed by atoms with Crippen molar-refractivity contribution in [2.24, 2.45) is 5.41 Å². The van der Waals surface area contributed by atoms with Gasteiger partial charge in [0.2, 0.25) is 0 Å². The molecular formula is C17H23NO. The summed E-state index contributed by atoms with van der Waals surface area (Å²) in [5, 5.41) is 0. The molecule has 1 aromatic rings. The molecule has 102 valence electrons. The van der Waals surface area contributed by atoms with Gasteiger partial charge in [0.25, 0.3) is 0 Å². The van der Waals surface area contributed by atoms with Gasteiger partial charge in [0, 0.05) is 24.3 Å². The molecule has 2 rings (SSSR count). The average molecular weight is 257 g/mol. The maximum atomic E-state index is 11.3.